The molecule has 1 amide bonds. The summed E-state index contributed by atoms with van der Waals surface area (Å²) in [6, 6.07) is 6.35. The van der Waals surface area contributed by atoms with Gasteiger partial charge in [-0.3, -0.25) is 9.59 Å². The van der Waals surface area contributed by atoms with Crippen molar-refractivity contribution in [2.45, 2.75) is 32.2 Å². The summed E-state index contributed by atoms with van der Waals surface area (Å²) in [5.74, 6) is -1.13. The molecule has 2 rings (SSSR count). The number of carbonyl (C=O) groups excluding carboxylic acids is 2. The molecular formula is C16H21IN2O5S. The van der Waals surface area contributed by atoms with Gasteiger partial charge in [0.2, 0.25) is 10.0 Å². The van der Waals surface area contributed by atoms with Gasteiger partial charge >= 0.3 is 5.97 Å². The van der Waals surface area contributed by atoms with Crippen LogP contribution in [-0.4, -0.2) is 49.5 Å². The van der Waals surface area contributed by atoms with Crippen LogP contribution in [0.5, 0.6) is 0 Å². The van der Waals surface area contributed by atoms with E-state index in [0.29, 0.717) is 31.5 Å². The number of ether oxygens (including phenoxy) is 1. The van der Waals surface area contributed by atoms with E-state index in [4.69, 9.17) is 4.74 Å². The number of rotatable bonds is 7. The van der Waals surface area contributed by atoms with Crippen molar-refractivity contribution in [1.82, 2.24) is 4.31 Å². The van der Waals surface area contributed by atoms with Gasteiger partial charge in [0.25, 0.3) is 5.91 Å². The maximum Gasteiger partial charge on any atom is 0.324 e. The first-order valence-corrected chi connectivity index (χ1v) is 10.7. The van der Waals surface area contributed by atoms with E-state index >= 15 is 0 Å². The van der Waals surface area contributed by atoms with Gasteiger partial charge in [0, 0.05) is 15.8 Å². The highest BCUT2D eigenvalue weighted by atomic mass is 127. The van der Waals surface area contributed by atoms with Crippen molar-refractivity contribution in [3.05, 3.63) is 27.8 Å². The standard InChI is InChI=1S/C16H21IN2O5S/c1-2-10-25(22,23)19-9-3-4-14(19)16(21)24-11-15(20)18-13-7-5-12(17)6-8-13/h5-8,14H,2-4,9-11H2,1H3,(H,18,20). The summed E-state index contributed by atoms with van der Waals surface area (Å²) < 4.78 is 31.7. The number of sulfonamides is 1. The number of carbonyl (C=O) groups is 2. The van der Waals surface area contributed by atoms with E-state index in [9.17, 15) is 18.0 Å². The van der Waals surface area contributed by atoms with Crippen molar-refractivity contribution in [3.8, 4) is 0 Å². The maximum atomic E-state index is 12.2. The van der Waals surface area contributed by atoms with E-state index in [1.165, 1.54) is 4.31 Å². The molecular weight excluding hydrogens is 459 g/mol. The number of benzene rings is 1. The summed E-state index contributed by atoms with van der Waals surface area (Å²) in [6.07, 6.45) is 1.51. The lowest BCUT2D eigenvalue weighted by molar-refractivity contribution is -0.150. The van der Waals surface area contributed by atoms with Crippen LogP contribution in [0.25, 0.3) is 0 Å². The molecule has 1 aromatic rings. The second kappa shape index (κ2) is 8.95. The zero-order valence-electron chi connectivity index (χ0n) is 13.9. The van der Waals surface area contributed by atoms with Crippen LogP contribution in [0.4, 0.5) is 5.69 Å². The first-order chi connectivity index (χ1) is 11.8. The Bertz CT molecular complexity index is 721. The Labute approximate surface area is 161 Å². The van der Waals surface area contributed by atoms with E-state index < -0.39 is 34.5 Å². The molecule has 1 fully saturated rings. The molecule has 1 heterocycles. The van der Waals surface area contributed by atoms with Crippen molar-refractivity contribution in [1.29, 1.82) is 0 Å². The number of anilines is 1. The Kier molecular flexibility index (Phi) is 7.20. The van der Waals surface area contributed by atoms with Crippen LogP contribution in [-0.2, 0) is 24.3 Å². The summed E-state index contributed by atoms with van der Waals surface area (Å²) in [4.78, 5) is 24.1. The fourth-order valence-electron chi connectivity index (χ4n) is 2.65. The lowest BCUT2D eigenvalue weighted by Crippen LogP contribution is -2.43. The molecule has 25 heavy (non-hydrogen) atoms. The topological polar surface area (TPSA) is 92.8 Å². The highest BCUT2D eigenvalue weighted by molar-refractivity contribution is 14.1. The third-order valence-corrected chi connectivity index (χ3v) is 6.56. The van der Waals surface area contributed by atoms with Gasteiger partial charge in [-0.15, -0.1) is 0 Å². The molecule has 0 radical (unpaired) electrons. The van der Waals surface area contributed by atoms with Gasteiger partial charge in [-0.25, -0.2) is 8.42 Å². The SMILES string of the molecule is CCCS(=O)(=O)N1CCCC1C(=O)OCC(=O)Nc1ccc(I)cc1. The second-order valence-electron chi connectivity index (χ2n) is 5.75. The molecule has 0 aromatic heterocycles. The van der Waals surface area contributed by atoms with Crippen LogP contribution in [0, 0.1) is 3.57 Å². The monoisotopic (exact) mass is 480 g/mol. The Balaban J connectivity index is 1.88. The van der Waals surface area contributed by atoms with Gasteiger partial charge in [0.15, 0.2) is 6.61 Å². The van der Waals surface area contributed by atoms with E-state index in [1.807, 2.05) is 12.1 Å². The normalized spacial score (nSPS) is 18.1. The van der Waals surface area contributed by atoms with Crippen molar-refractivity contribution < 1.29 is 22.7 Å². The van der Waals surface area contributed by atoms with Crippen molar-refractivity contribution >= 4 is 50.2 Å². The largest absolute Gasteiger partial charge is 0.454 e. The second-order valence-corrected chi connectivity index (χ2v) is 9.03. The van der Waals surface area contributed by atoms with Gasteiger partial charge in [-0.05, 0) is 66.1 Å². The molecule has 1 aromatic carbocycles. The molecule has 1 atom stereocenters. The molecule has 1 N–H and O–H groups in total. The van der Waals surface area contributed by atoms with Crippen LogP contribution in [0.2, 0.25) is 0 Å². The Hall–Kier alpha value is -1.20. The molecule has 1 aliphatic rings. The van der Waals surface area contributed by atoms with Gasteiger partial charge in [0.1, 0.15) is 6.04 Å². The smallest absolute Gasteiger partial charge is 0.324 e. The third kappa shape index (κ3) is 5.65. The number of amides is 1. The minimum atomic E-state index is -3.46. The molecule has 0 aliphatic carbocycles. The fourth-order valence-corrected chi connectivity index (χ4v) is 4.74. The first-order valence-electron chi connectivity index (χ1n) is 8.05. The van der Waals surface area contributed by atoms with Gasteiger partial charge < -0.3 is 10.1 Å². The Morgan fingerprint density at radius 1 is 1.32 bits per heavy atom. The molecule has 7 nitrogen and oxygen atoms in total. The van der Waals surface area contributed by atoms with Crippen LogP contribution in [0.1, 0.15) is 26.2 Å². The number of esters is 1. The average Bonchev–Trinajstić information content (AvgIpc) is 3.05. The highest BCUT2D eigenvalue weighted by Gasteiger charge is 2.39. The zero-order chi connectivity index (χ0) is 18.4. The molecule has 0 spiro atoms. The van der Waals surface area contributed by atoms with Crippen LogP contribution in [0.15, 0.2) is 24.3 Å². The number of hydrogen-bond acceptors (Lipinski definition) is 5. The molecule has 138 valence electrons. The lowest BCUT2D eigenvalue weighted by atomic mass is 10.2. The predicted octanol–water partition coefficient (Wildman–Crippen LogP) is 1.98. The quantitative estimate of drug-likeness (QED) is 0.476. The van der Waals surface area contributed by atoms with Crippen LogP contribution in [0.3, 0.4) is 0 Å². The lowest BCUT2D eigenvalue weighted by Gasteiger charge is -2.22. The first kappa shape index (κ1) is 20.1. The van der Waals surface area contributed by atoms with Crippen LogP contribution < -0.4 is 5.32 Å². The molecule has 1 saturated heterocycles. The van der Waals surface area contributed by atoms with Gasteiger partial charge in [0.05, 0.1) is 5.75 Å². The molecule has 0 bridgehead atoms. The number of nitrogens with zero attached hydrogens (tertiary/aromatic N) is 1. The molecule has 9 heteroatoms. The maximum absolute atomic E-state index is 12.2. The number of halogens is 1. The van der Waals surface area contributed by atoms with E-state index in [0.717, 1.165) is 3.57 Å². The summed E-state index contributed by atoms with van der Waals surface area (Å²) in [7, 11) is -3.46. The van der Waals surface area contributed by atoms with Gasteiger partial charge in [-0.2, -0.15) is 4.31 Å². The fraction of sp³-hybridized carbons (Fsp3) is 0.500. The average molecular weight is 480 g/mol. The number of hydrogen-bond donors (Lipinski definition) is 1. The zero-order valence-corrected chi connectivity index (χ0v) is 16.9. The van der Waals surface area contributed by atoms with Crippen molar-refractivity contribution in [3.63, 3.8) is 0 Å². The van der Waals surface area contributed by atoms with E-state index in [2.05, 4.69) is 27.9 Å². The summed E-state index contributed by atoms with van der Waals surface area (Å²) in [5.41, 5.74) is 0.606. The van der Waals surface area contributed by atoms with E-state index in [1.54, 1.807) is 19.1 Å². The van der Waals surface area contributed by atoms with Crippen LogP contribution >= 0.6 is 22.6 Å². The third-order valence-electron chi connectivity index (χ3n) is 3.77. The minimum absolute atomic E-state index is 0.00404. The summed E-state index contributed by atoms with van der Waals surface area (Å²) in [5, 5.41) is 2.63. The van der Waals surface area contributed by atoms with Crippen molar-refractivity contribution in [2.75, 3.05) is 24.2 Å². The van der Waals surface area contributed by atoms with Gasteiger partial charge in [-0.1, -0.05) is 6.92 Å². The highest BCUT2D eigenvalue weighted by Crippen LogP contribution is 2.23. The number of nitrogens with one attached hydrogen (secondary N) is 1. The van der Waals surface area contributed by atoms with Crippen molar-refractivity contribution in [2.24, 2.45) is 0 Å². The Morgan fingerprint density at radius 2 is 2.00 bits per heavy atom. The molecule has 1 aliphatic heterocycles. The minimum Gasteiger partial charge on any atom is -0.454 e. The predicted molar refractivity (Wildman–Crippen MR) is 103 cm³/mol. The Morgan fingerprint density at radius 3 is 2.64 bits per heavy atom. The molecule has 1 unspecified atom stereocenters. The summed E-state index contributed by atoms with van der Waals surface area (Å²) in [6.45, 7) is 1.65. The summed E-state index contributed by atoms with van der Waals surface area (Å²) >= 11 is 2.16. The van der Waals surface area contributed by atoms with E-state index in [-0.39, 0.29) is 5.75 Å². The molecule has 0 saturated carbocycles.